The van der Waals surface area contributed by atoms with Crippen molar-refractivity contribution in [3.8, 4) is 11.1 Å². The van der Waals surface area contributed by atoms with E-state index in [0.717, 1.165) is 24.2 Å². The van der Waals surface area contributed by atoms with Gasteiger partial charge in [-0.3, -0.25) is 9.59 Å². The first-order chi connectivity index (χ1) is 10.5. The predicted molar refractivity (Wildman–Crippen MR) is 90.5 cm³/mol. The summed E-state index contributed by atoms with van der Waals surface area (Å²) in [5.41, 5.74) is 1.54. The van der Waals surface area contributed by atoms with Gasteiger partial charge in [-0.1, -0.05) is 19.1 Å². The van der Waals surface area contributed by atoms with Crippen LogP contribution in [-0.2, 0) is 0 Å². The van der Waals surface area contributed by atoms with Crippen molar-refractivity contribution in [3.05, 3.63) is 44.7 Å². The minimum absolute atomic E-state index is 0.245. The summed E-state index contributed by atoms with van der Waals surface area (Å²) in [5.74, 6) is 0. The van der Waals surface area contributed by atoms with Crippen LogP contribution in [0.5, 0.6) is 0 Å². The predicted octanol–water partition coefficient (Wildman–Crippen LogP) is 1.59. The molecule has 0 aliphatic rings. The fourth-order valence-electron chi connectivity index (χ4n) is 2.43. The second-order valence-corrected chi connectivity index (χ2v) is 5.61. The van der Waals surface area contributed by atoms with E-state index >= 15 is 0 Å². The number of rotatable bonds is 7. The number of hydrogen-bond donors (Lipinski definition) is 2. The molecule has 5 heteroatoms. The summed E-state index contributed by atoms with van der Waals surface area (Å²) in [4.78, 5) is 25.6. The van der Waals surface area contributed by atoms with Crippen LogP contribution in [0.3, 0.4) is 0 Å². The number of anilines is 2. The van der Waals surface area contributed by atoms with Crippen molar-refractivity contribution in [2.75, 3.05) is 30.4 Å². The minimum Gasteiger partial charge on any atom is -0.392 e. The monoisotopic (exact) mass is 302 g/mol. The average molecular weight is 302 g/mol. The van der Waals surface area contributed by atoms with Gasteiger partial charge in [-0.2, -0.15) is 0 Å². The molecule has 0 fully saturated rings. The first kappa shape index (κ1) is 16.2. The van der Waals surface area contributed by atoms with Crippen LogP contribution >= 0.6 is 0 Å². The molecule has 2 rings (SSSR count). The maximum absolute atomic E-state index is 11.8. The van der Waals surface area contributed by atoms with Crippen LogP contribution in [0.15, 0.2) is 33.9 Å². The summed E-state index contributed by atoms with van der Waals surface area (Å²) in [6.07, 6.45) is 0.478. The van der Waals surface area contributed by atoms with Crippen LogP contribution < -0.4 is 21.1 Å². The van der Waals surface area contributed by atoms with Crippen LogP contribution in [0.25, 0.3) is 11.1 Å². The van der Waals surface area contributed by atoms with Crippen LogP contribution in [-0.4, -0.2) is 31.3 Å². The first-order valence-electron chi connectivity index (χ1n) is 7.52. The number of nitrogens with one attached hydrogen (secondary N) is 1. The van der Waals surface area contributed by atoms with Crippen molar-refractivity contribution in [1.82, 2.24) is 0 Å². The van der Waals surface area contributed by atoms with E-state index in [1.165, 1.54) is 0 Å². The Morgan fingerprint density at radius 2 is 1.82 bits per heavy atom. The molecule has 0 heterocycles. The summed E-state index contributed by atoms with van der Waals surface area (Å²) >= 11 is 0. The van der Waals surface area contributed by atoms with E-state index in [-0.39, 0.29) is 6.54 Å². The summed E-state index contributed by atoms with van der Waals surface area (Å²) in [7, 11) is 2.02. The van der Waals surface area contributed by atoms with Crippen molar-refractivity contribution < 1.29 is 5.11 Å². The van der Waals surface area contributed by atoms with Crippen molar-refractivity contribution in [1.29, 1.82) is 0 Å². The summed E-state index contributed by atoms with van der Waals surface area (Å²) < 4.78 is 0. The maximum atomic E-state index is 11.8. The first-order valence-corrected chi connectivity index (χ1v) is 7.52. The molecular weight excluding hydrogens is 280 g/mol. The molecule has 0 aromatic heterocycles. The minimum atomic E-state index is -0.581. The number of hydrogen-bond acceptors (Lipinski definition) is 5. The van der Waals surface area contributed by atoms with Gasteiger partial charge < -0.3 is 15.3 Å². The second kappa shape index (κ2) is 6.75. The summed E-state index contributed by atoms with van der Waals surface area (Å²) in [6, 6.07) is 7.59. The van der Waals surface area contributed by atoms with Gasteiger partial charge in [0.1, 0.15) is 0 Å². The zero-order valence-corrected chi connectivity index (χ0v) is 13.2. The Morgan fingerprint density at radius 1 is 1.18 bits per heavy atom. The maximum Gasteiger partial charge on any atom is 0.250 e. The van der Waals surface area contributed by atoms with Crippen molar-refractivity contribution in [2.24, 2.45) is 0 Å². The van der Waals surface area contributed by atoms with E-state index in [1.807, 2.05) is 31.3 Å². The van der Waals surface area contributed by atoms with E-state index in [9.17, 15) is 14.7 Å². The van der Waals surface area contributed by atoms with Crippen LogP contribution in [0, 0.1) is 0 Å². The molecule has 0 saturated carbocycles. The third kappa shape index (κ3) is 3.20. The number of nitrogens with zero attached hydrogens (tertiary/aromatic N) is 1. The van der Waals surface area contributed by atoms with Gasteiger partial charge in [-0.25, -0.2) is 0 Å². The van der Waals surface area contributed by atoms with Crippen LogP contribution in [0.2, 0.25) is 0 Å². The highest BCUT2D eigenvalue weighted by Gasteiger charge is 2.22. The molecule has 2 N–H and O–H groups in total. The van der Waals surface area contributed by atoms with E-state index < -0.39 is 17.0 Å². The summed E-state index contributed by atoms with van der Waals surface area (Å²) in [6.45, 7) is 4.95. The molecule has 0 unspecified atom stereocenters. The molecule has 0 aliphatic heterocycles. The van der Waals surface area contributed by atoms with Crippen LogP contribution in [0.4, 0.5) is 11.4 Å². The highest BCUT2D eigenvalue weighted by atomic mass is 16.3. The molecule has 2 aromatic rings. The Labute approximate surface area is 129 Å². The lowest BCUT2D eigenvalue weighted by atomic mass is 9.98. The van der Waals surface area contributed by atoms with E-state index in [0.29, 0.717) is 11.3 Å². The molecule has 0 saturated heterocycles. The van der Waals surface area contributed by atoms with E-state index in [4.69, 9.17) is 0 Å². The Balaban J connectivity index is 2.24. The van der Waals surface area contributed by atoms with Crippen molar-refractivity contribution in [2.45, 2.75) is 26.4 Å². The highest BCUT2D eigenvalue weighted by molar-refractivity contribution is 5.82. The zero-order chi connectivity index (χ0) is 16.3. The summed E-state index contributed by atoms with van der Waals surface area (Å²) in [5, 5.41) is 12.1. The van der Waals surface area contributed by atoms with Crippen molar-refractivity contribution >= 4 is 11.4 Å². The fourth-order valence-corrected chi connectivity index (χ4v) is 2.43. The third-order valence-corrected chi connectivity index (χ3v) is 3.64. The molecule has 0 radical (unpaired) electrons. The van der Waals surface area contributed by atoms with Gasteiger partial charge in [0.15, 0.2) is 0 Å². The zero-order valence-electron chi connectivity index (χ0n) is 13.2. The molecule has 2 aromatic carbocycles. The Kier molecular flexibility index (Phi) is 4.98. The van der Waals surface area contributed by atoms with Gasteiger partial charge >= 0.3 is 0 Å². The van der Waals surface area contributed by atoms with Gasteiger partial charge in [-0.15, -0.1) is 0 Å². The molecule has 0 bridgehead atoms. The highest BCUT2D eigenvalue weighted by Crippen LogP contribution is 2.26. The molecule has 0 spiro atoms. The number of aliphatic hydroxyl groups excluding tert-OH is 1. The Morgan fingerprint density at radius 3 is 2.36 bits per heavy atom. The third-order valence-electron chi connectivity index (χ3n) is 3.64. The van der Waals surface area contributed by atoms with Gasteiger partial charge in [0, 0.05) is 25.8 Å². The lowest BCUT2D eigenvalue weighted by Crippen LogP contribution is -2.37. The van der Waals surface area contributed by atoms with Gasteiger partial charge in [0.05, 0.1) is 17.4 Å². The van der Waals surface area contributed by atoms with Crippen LogP contribution in [0.1, 0.15) is 20.3 Å². The van der Waals surface area contributed by atoms with Crippen molar-refractivity contribution in [3.63, 3.8) is 0 Å². The molecule has 0 aliphatic carbocycles. The molecular formula is C17H22N2O3. The number of benzene rings is 1. The largest absolute Gasteiger partial charge is 0.392 e. The molecule has 118 valence electrons. The quantitative estimate of drug-likeness (QED) is 0.760. The fraction of sp³-hybridized carbons (Fsp3) is 0.412. The van der Waals surface area contributed by atoms with Gasteiger partial charge in [0.2, 0.25) is 10.9 Å². The standard InChI is InChI=1S/C17H22N2O3/c1-4-9-19(3)13-7-5-12(6-8-13)14-15(17(22)16(14)21)18-10-11(2)20/h5-8,11,18,20H,4,9-10H2,1-3H3/t11-/m1/s1. The Hall–Kier alpha value is -2.14. The molecule has 5 nitrogen and oxygen atoms in total. The van der Waals surface area contributed by atoms with E-state index in [1.54, 1.807) is 6.92 Å². The SMILES string of the molecule is CCCN(C)c1ccc(-c2c(NC[C@@H](C)O)c(=O)c2=O)cc1. The molecule has 1 atom stereocenters. The normalized spacial score (nSPS) is 12.4. The Bertz CT molecular complexity index is 698. The second-order valence-electron chi connectivity index (χ2n) is 5.61. The molecule has 0 amide bonds. The average Bonchev–Trinajstić information content (AvgIpc) is 2.50. The van der Waals surface area contributed by atoms with Gasteiger partial charge in [-0.05, 0) is 31.0 Å². The van der Waals surface area contributed by atoms with E-state index in [2.05, 4.69) is 17.1 Å². The topological polar surface area (TPSA) is 69.6 Å². The van der Waals surface area contributed by atoms with Gasteiger partial charge in [0.25, 0.3) is 0 Å². The lowest BCUT2D eigenvalue weighted by Gasteiger charge is -2.19. The number of aliphatic hydroxyl groups is 1. The smallest absolute Gasteiger partial charge is 0.250 e. The molecule has 22 heavy (non-hydrogen) atoms. The lowest BCUT2D eigenvalue weighted by molar-refractivity contribution is 0.208.